The van der Waals surface area contributed by atoms with Crippen molar-refractivity contribution in [2.45, 2.75) is 19.9 Å². The average molecular weight is 444 g/mol. The molecule has 31 heavy (non-hydrogen) atoms. The zero-order valence-corrected chi connectivity index (χ0v) is 18.5. The fourth-order valence-corrected chi connectivity index (χ4v) is 3.39. The van der Waals surface area contributed by atoms with Crippen LogP contribution in [0.3, 0.4) is 0 Å². The number of hydrogen-bond donors (Lipinski definition) is 1. The lowest BCUT2D eigenvalue weighted by atomic mass is 10.2. The van der Waals surface area contributed by atoms with Crippen LogP contribution in [0.4, 0.5) is 11.6 Å². The van der Waals surface area contributed by atoms with Gasteiger partial charge < -0.3 is 28.7 Å². The van der Waals surface area contributed by atoms with Gasteiger partial charge in [-0.05, 0) is 25.4 Å². The fraction of sp³-hybridized carbons (Fsp3) is 0.300. The van der Waals surface area contributed by atoms with Crippen molar-refractivity contribution in [1.82, 2.24) is 29.1 Å². The SMILES string of the molecule is COc1cc(-n2cnc(Nc3nc(Cl)nc4c3ncn4C(C)C)c2)cc(OC)c1OC. The van der Waals surface area contributed by atoms with Gasteiger partial charge >= 0.3 is 0 Å². The standard InChI is InChI=1S/C20H22ClN7O3/c1-11(2)28-10-23-16-18(25-20(21)26-19(16)28)24-15-8-27(9-22-15)12-6-13(29-3)17(31-5)14(7-12)30-4/h6-11H,1-5H3,(H,24,25,26). The zero-order chi connectivity index (χ0) is 22.1. The molecule has 0 amide bonds. The van der Waals surface area contributed by atoms with Crippen LogP contribution in [0.5, 0.6) is 17.2 Å². The number of ether oxygens (including phenoxy) is 3. The van der Waals surface area contributed by atoms with E-state index in [0.717, 1.165) is 5.69 Å². The van der Waals surface area contributed by atoms with Crippen molar-refractivity contribution in [3.63, 3.8) is 0 Å². The van der Waals surface area contributed by atoms with Crippen LogP contribution in [-0.2, 0) is 0 Å². The summed E-state index contributed by atoms with van der Waals surface area (Å²) in [4.78, 5) is 17.5. The maximum absolute atomic E-state index is 6.15. The van der Waals surface area contributed by atoms with E-state index in [4.69, 9.17) is 25.8 Å². The summed E-state index contributed by atoms with van der Waals surface area (Å²) in [5.41, 5.74) is 2.05. The van der Waals surface area contributed by atoms with E-state index in [1.54, 1.807) is 34.0 Å². The molecular formula is C20H22ClN7O3. The van der Waals surface area contributed by atoms with Crippen molar-refractivity contribution >= 4 is 34.4 Å². The molecule has 10 nitrogen and oxygen atoms in total. The van der Waals surface area contributed by atoms with Crippen LogP contribution in [-0.4, -0.2) is 50.4 Å². The highest BCUT2D eigenvalue weighted by Crippen LogP contribution is 2.39. The van der Waals surface area contributed by atoms with Crippen LogP contribution in [0.2, 0.25) is 5.28 Å². The Labute approximate surface area is 183 Å². The first-order chi connectivity index (χ1) is 14.9. The highest BCUT2D eigenvalue weighted by atomic mass is 35.5. The van der Waals surface area contributed by atoms with E-state index in [1.165, 1.54) is 0 Å². The van der Waals surface area contributed by atoms with Crippen LogP contribution in [0.25, 0.3) is 16.9 Å². The molecule has 1 N–H and O–H groups in total. The Balaban J connectivity index is 1.70. The molecule has 3 heterocycles. The minimum Gasteiger partial charge on any atom is -0.493 e. The summed E-state index contributed by atoms with van der Waals surface area (Å²) >= 11 is 6.15. The summed E-state index contributed by atoms with van der Waals surface area (Å²) in [5.74, 6) is 2.64. The number of anilines is 2. The van der Waals surface area contributed by atoms with Gasteiger partial charge in [0.25, 0.3) is 0 Å². The Morgan fingerprint density at radius 2 is 1.68 bits per heavy atom. The van der Waals surface area contributed by atoms with Crippen molar-refractivity contribution in [3.8, 4) is 22.9 Å². The Morgan fingerprint density at radius 1 is 0.968 bits per heavy atom. The third kappa shape index (κ3) is 3.81. The highest BCUT2D eigenvalue weighted by Gasteiger charge is 2.17. The molecule has 4 aromatic rings. The van der Waals surface area contributed by atoms with Gasteiger partial charge in [-0.15, -0.1) is 0 Å². The van der Waals surface area contributed by atoms with Crippen LogP contribution < -0.4 is 19.5 Å². The molecule has 0 aliphatic heterocycles. The molecule has 0 aliphatic rings. The molecule has 0 saturated carbocycles. The number of rotatable bonds is 7. The number of halogens is 1. The van der Waals surface area contributed by atoms with Gasteiger partial charge in [0.1, 0.15) is 12.1 Å². The van der Waals surface area contributed by atoms with Gasteiger partial charge in [0.2, 0.25) is 11.0 Å². The molecular weight excluding hydrogens is 422 g/mol. The first-order valence-corrected chi connectivity index (χ1v) is 9.84. The van der Waals surface area contributed by atoms with Gasteiger partial charge in [0.05, 0.1) is 39.5 Å². The van der Waals surface area contributed by atoms with Gasteiger partial charge in [0.15, 0.2) is 28.5 Å². The van der Waals surface area contributed by atoms with Crippen molar-refractivity contribution < 1.29 is 14.2 Å². The lowest BCUT2D eigenvalue weighted by molar-refractivity contribution is 0.324. The second-order valence-corrected chi connectivity index (χ2v) is 7.27. The monoisotopic (exact) mass is 443 g/mol. The summed E-state index contributed by atoms with van der Waals surface area (Å²) < 4.78 is 20.0. The Hall–Kier alpha value is -3.53. The minimum absolute atomic E-state index is 0.126. The zero-order valence-electron chi connectivity index (χ0n) is 17.8. The van der Waals surface area contributed by atoms with E-state index in [9.17, 15) is 0 Å². The number of imidazole rings is 2. The maximum Gasteiger partial charge on any atom is 0.226 e. The van der Waals surface area contributed by atoms with Crippen molar-refractivity contribution in [3.05, 3.63) is 36.3 Å². The molecule has 0 spiro atoms. The molecule has 3 aromatic heterocycles. The molecule has 0 radical (unpaired) electrons. The molecule has 0 atom stereocenters. The summed E-state index contributed by atoms with van der Waals surface area (Å²) in [6, 6.07) is 3.84. The summed E-state index contributed by atoms with van der Waals surface area (Å²) in [6.07, 6.45) is 5.19. The minimum atomic E-state index is 0.126. The molecule has 0 saturated heterocycles. The van der Waals surface area contributed by atoms with Gasteiger partial charge in [0, 0.05) is 18.2 Å². The molecule has 4 rings (SSSR count). The molecule has 1 aromatic carbocycles. The lowest BCUT2D eigenvalue weighted by Gasteiger charge is -2.14. The number of fused-ring (bicyclic) bond motifs is 1. The maximum atomic E-state index is 6.15. The van der Waals surface area contributed by atoms with Crippen LogP contribution in [0.1, 0.15) is 19.9 Å². The predicted octanol–water partition coefficient (Wildman–Crippen LogP) is 4.02. The highest BCUT2D eigenvalue weighted by molar-refractivity contribution is 6.28. The van der Waals surface area contributed by atoms with Crippen molar-refractivity contribution in [2.24, 2.45) is 0 Å². The number of methoxy groups -OCH3 is 3. The molecule has 0 aliphatic carbocycles. The predicted molar refractivity (Wildman–Crippen MR) is 117 cm³/mol. The number of hydrogen-bond acceptors (Lipinski definition) is 8. The molecule has 11 heteroatoms. The van der Waals surface area contributed by atoms with E-state index >= 15 is 0 Å². The van der Waals surface area contributed by atoms with Gasteiger partial charge in [-0.2, -0.15) is 9.97 Å². The van der Waals surface area contributed by atoms with Gasteiger partial charge in [-0.1, -0.05) is 0 Å². The van der Waals surface area contributed by atoms with E-state index in [1.807, 2.05) is 41.3 Å². The smallest absolute Gasteiger partial charge is 0.226 e. The number of benzene rings is 1. The van der Waals surface area contributed by atoms with Crippen LogP contribution >= 0.6 is 11.6 Å². The third-order valence-corrected chi connectivity index (χ3v) is 4.90. The lowest BCUT2D eigenvalue weighted by Crippen LogP contribution is -2.02. The first-order valence-electron chi connectivity index (χ1n) is 9.46. The van der Waals surface area contributed by atoms with Crippen molar-refractivity contribution in [2.75, 3.05) is 26.6 Å². The molecule has 0 unspecified atom stereocenters. The average Bonchev–Trinajstić information content (AvgIpc) is 3.39. The quantitative estimate of drug-likeness (QED) is 0.427. The van der Waals surface area contributed by atoms with E-state index in [0.29, 0.717) is 40.0 Å². The Morgan fingerprint density at radius 3 is 2.29 bits per heavy atom. The number of nitrogens with zero attached hydrogens (tertiary/aromatic N) is 6. The van der Waals surface area contributed by atoms with E-state index in [2.05, 4.69) is 25.3 Å². The van der Waals surface area contributed by atoms with Gasteiger partial charge in [-0.25, -0.2) is 9.97 Å². The second-order valence-electron chi connectivity index (χ2n) is 6.93. The Kier molecular flexibility index (Phi) is 5.55. The number of aromatic nitrogens is 6. The summed E-state index contributed by atoms with van der Waals surface area (Å²) in [5, 5.41) is 3.31. The number of nitrogens with one attached hydrogen (secondary N) is 1. The van der Waals surface area contributed by atoms with Gasteiger partial charge in [-0.3, -0.25) is 0 Å². The largest absolute Gasteiger partial charge is 0.493 e. The topological polar surface area (TPSA) is 101 Å². The fourth-order valence-electron chi connectivity index (χ4n) is 3.22. The molecule has 0 fully saturated rings. The van der Waals surface area contributed by atoms with E-state index < -0.39 is 0 Å². The molecule has 0 bridgehead atoms. The van der Waals surface area contributed by atoms with Crippen LogP contribution in [0, 0.1) is 0 Å². The van der Waals surface area contributed by atoms with E-state index in [-0.39, 0.29) is 11.3 Å². The summed E-state index contributed by atoms with van der Waals surface area (Å²) in [7, 11) is 4.71. The Bertz CT molecular complexity index is 1210. The second kappa shape index (κ2) is 8.31. The normalized spacial score (nSPS) is 11.2. The van der Waals surface area contributed by atoms with Crippen molar-refractivity contribution in [1.29, 1.82) is 0 Å². The molecule has 162 valence electrons. The third-order valence-electron chi connectivity index (χ3n) is 4.73. The summed E-state index contributed by atoms with van der Waals surface area (Å²) in [6.45, 7) is 4.09. The van der Waals surface area contributed by atoms with Crippen LogP contribution in [0.15, 0.2) is 31.0 Å². The first kappa shape index (κ1) is 20.7.